The molecule has 0 saturated carbocycles. The van der Waals surface area contributed by atoms with Crippen LogP contribution >= 0.6 is 0 Å². The van der Waals surface area contributed by atoms with Crippen molar-refractivity contribution in [3.05, 3.63) is 326 Å². The second kappa shape index (κ2) is 20.2. The highest BCUT2D eigenvalue weighted by atomic mass is 15.2. The molecular formula is C80H55BN4. The molecule has 12 aromatic carbocycles. The zero-order chi connectivity index (χ0) is 56.6. The molecule has 0 radical (unpaired) electrons. The molecule has 1 aliphatic carbocycles. The van der Waals surface area contributed by atoms with Crippen molar-refractivity contribution in [1.82, 2.24) is 4.57 Å². The second-order valence-corrected chi connectivity index (χ2v) is 23.0. The number of rotatable bonds is 9. The molecule has 2 aliphatic heterocycles. The number of benzene rings is 12. The maximum absolute atomic E-state index is 9.96. The van der Waals surface area contributed by atoms with Crippen molar-refractivity contribution in [3.8, 4) is 67.4 Å². The summed E-state index contributed by atoms with van der Waals surface area (Å²) in [4.78, 5) is 5.13. The zero-order valence-electron chi connectivity index (χ0n) is 46.9. The molecule has 4 nitrogen and oxygen atoms in total. The second-order valence-electron chi connectivity index (χ2n) is 23.0. The average molecular weight is 1080 g/mol. The summed E-state index contributed by atoms with van der Waals surface area (Å²) in [6.07, 6.45) is 5.74. The van der Waals surface area contributed by atoms with Crippen LogP contribution in [0.3, 0.4) is 0 Å². The minimum absolute atomic E-state index is 0.0743. The van der Waals surface area contributed by atoms with Crippen LogP contribution < -0.4 is 20.7 Å². The Morgan fingerprint density at radius 2 is 0.929 bits per heavy atom. The van der Waals surface area contributed by atoms with Gasteiger partial charge in [0, 0.05) is 55.9 Å². The van der Waals surface area contributed by atoms with Crippen LogP contribution in [0.15, 0.2) is 315 Å². The minimum atomic E-state index is -0.266. The molecule has 0 fully saturated rings. The van der Waals surface area contributed by atoms with Gasteiger partial charge in [0.2, 0.25) is 6.71 Å². The Kier molecular flexibility index (Phi) is 11.8. The fourth-order valence-electron chi connectivity index (χ4n) is 13.9. The predicted octanol–water partition coefficient (Wildman–Crippen LogP) is 19.2. The first-order valence-electron chi connectivity index (χ1n) is 29.4. The van der Waals surface area contributed by atoms with Crippen molar-refractivity contribution >= 4 is 67.9 Å². The van der Waals surface area contributed by atoms with E-state index < -0.39 is 0 Å². The van der Waals surface area contributed by atoms with Crippen LogP contribution in [0.1, 0.15) is 24.5 Å². The zero-order valence-corrected chi connectivity index (χ0v) is 46.9. The number of nitrogens with zero attached hydrogens (tertiary/aromatic N) is 4. The van der Waals surface area contributed by atoms with Crippen LogP contribution in [0.25, 0.3) is 83.1 Å². The highest BCUT2D eigenvalue weighted by molar-refractivity contribution is 6.95. The molecule has 0 saturated heterocycles. The van der Waals surface area contributed by atoms with Crippen LogP contribution in [0.2, 0.25) is 0 Å². The van der Waals surface area contributed by atoms with Crippen LogP contribution in [0.4, 0.5) is 28.4 Å². The normalized spacial score (nSPS) is 14.9. The average Bonchev–Trinajstić information content (AvgIpc) is 2.60. The fraction of sp³-hybridized carbons (Fsp3) is 0.0375. The summed E-state index contributed by atoms with van der Waals surface area (Å²) in [5.74, 6) is 0. The Morgan fingerprint density at radius 3 is 1.61 bits per heavy atom. The lowest BCUT2D eigenvalue weighted by molar-refractivity contribution is 0.587. The van der Waals surface area contributed by atoms with E-state index in [-0.39, 0.29) is 12.1 Å². The van der Waals surface area contributed by atoms with Gasteiger partial charge in [0.25, 0.3) is 0 Å². The van der Waals surface area contributed by atoms with Crippen molar-refractivity contribution in [1.29, 1.82) is 5.26 Å². The summed E-state index contributed by atoms with van der Waals surface area (Å²) in [6.45, 7) is 2.35. The molecule has 3 heterocycles. The molecule has 0 bridgehead atoms. The molecule has 398 valence electrons. The van der Waals surface area contributed by atoms with Gasteiger partial charge >= 0.3 is 0 Å². The highest BCUT2D eigenvalue weighted by Gasteiger charge is 2.47. The van der Waals surface area contributed by atoms with Crippen LogP contribution in [0.5, 0.6) is 0 Å². The van der Waals surface area contributed by atoms with E-state index in [1.165, 1.54) is 77.5 Å². The fourth-order valence-corrected chi connectivity index (χ4v) is 13.9. The van der Waals surface area contributed by atoms with Gasteiger partial charge in [0.1, 0.15) is 0 Å². The third kappa shape index (κ3) is 8.36. The summed E-state index contributed by atoms with van der Waals surface area (Å²) in [6, 6.07) is 109. The van der Waals surface area contributed by atoms with Gasteiger partial charge in [0.15, 0.2) is 0 Å². The largest absolute Gasteiger partial charge is 0.312 e. The SMILES string of the molecule is CC1(c2ccccc2)C=CC2=C(C1)B1c3cc(-c4ccccc4)ccc3N(c3ccc(-c4ccccc4)cc3)c3cc(-c4ccc5c(c4)c4ccccc4n5-c4ccccc4-c4cccc(C#N)c4)cc(c31)N2c1ccc(-c2ccccc2)cc1. The number of hydrogen-bond donors (Lipinski definition) is 0. The number of allylic oxidation sites excluding steroid dienone is 3. The molecule has 0 amide bonds. The van der Waals surface area contributed by atoms with Gasteiger partial charge in [-0.05, 0) is 158 Å². The third-order valence-electron chi connectivity index (χ3n) is 18.0. The topological polar surface area (TPSA) is 35.2 Å². The Balaban J connectivity index is 0.963. The molecule has 1 aromatic heterocycles. The molecule has 13 aromatic rings. The number of fused-ring (bicyclic) bond motifs is 6. The van der Waals surface area contributed by atoms with Gasteiger partial charge in [0.05, 0.1) is 28.4 Å². The van der Waals surface area contributed by atoms with E-state index in [1.807, 2.05) is 18.2 Å². The molecule has 3 aliphatic rings. The van der Waals surface area contributed by atoms with Crippen molar-refractivity contribution in [2.75, 3.05) is 9.80 Å². The molecular weight excluding hydrogens is 1030 g/mol. The predicted molar refractivity (Wildman–Crippen MR) is 356 cm³/mol. The van der Waals surface area contributed by atoms with Crippen LogP contribution in [-0.2, 0) is 5.41 Å². The van der Waals surface area contributed by atoms with Gasteiger partial charge in [-0.15, -0.1) is 0 Å². The molecule has 0 N–H and O–H groups in total. The van der Waals surface area contributed by atoms with Gasteiger partial charge in [-0.2, -0.15) is 5.26 Å². The number of nitriles is 1. The molecule has 1 atom stereocenters. The summed E-state index contributed by atoms with van der Waals surface area (Å²) in [5.41, 5.74) is 27.3. The number of anilines is 5. The van der Waals surface area contributed by atoms with E-state index in [9.17, 15) is 5.26 Å². The summed E-state index contributed by atoms with van der Waals surface area (Å²) in [5, 5.41) is 12.3. The number of hydrogen-bond acceptors (Lipinski definition) is 3. The first kappa shape index (κ1) is 49.9. The van der Waals surface area contributed by atoms with Gasteiger partial charge in [-0.3, -0.25) is 0 Å². The standard InChI is InChI=1S/C80H55BN4/c1-80(64-27-12-5-13-28-64)46-45-76-71(52-80)81-70-49-61(57-24-10-4-11-25-57)38-44-75(70)83(65-39-33-58(34-40-65)55-20-6-2-7-21-55)77-50-63(51-78(79(77)81)84(76)66-41-35-59(36-42-66)56-22-8-3-9-23-56)60-37-43-74-69(48-60)68-30-15-17-32-73(68)85(74)72-31-16-14-29-67(72)62-26-18-19-54(47-62)53-82/h2-51H,52H2,1H3. The van der Waals surface area contributed by atoms with Gasteiger partial charge in [-0.25, -0.2) is 0 Å². The molecule has 16 rings (SSSR count). The lowest BCUT2D eigenvalue weighted by atomic mass is 9.31. The molecule has 5 heteroatoms. The first-order valence-corrected chi connectivity index (χ1v) is 29.4. The van der Waals surface area contributed by atoms with E-state index in [0.717, 1.165) is 68.1 Å². The lowest BCUT2D eigenvalue weighted by Gasteiger charge is -2.48. The molecule has 0 spiro atoms. The number of para-hydroxylation sites is 2. The van der Waals surface area contributed by atoms with Crippen LogP contribution in [0, 0.1) is 11.3 Å². The van der Waals surface area contributed by atoms with Crippen molar-refractivity contribution in [3.63, 3.8) is 0 Å². The van der Waals surface area contributed by atoms with E-state index in [4.69, 9.17) is 0 Å². The maximum atomic E-state index is 9.96. The van der Waals surface area contributed by atoms with Crippen molar-refractivity contribution < 1.29 is 0 Å². The maximum Gasteiger partial charge on any atom is 0.247 e. The Labute approximate surface area is 496 Å². The smallest absolute Gasteiger partial charge is 0.247 e. The Hall–Kier alpha value is -10.9. The first-order chi connectivity index (χ1) is 42.0. The van der Waals surface area contributed by atoms with Crippen molar-refractivity contribution in [2.24, 2.45) is 0 Å². The highest BCUT2D eigenvalue weighted by Crippen LogP contribution is 2.51. The van der Waals surface area contributed by atoms with E-state index >= 15 is 0 Å². The Bertz CT molecular complexity index is 4870. The van der Waals surface area contributed by atoms with Gasteiger partial charge < -0.3 is 14.4 Å². The monoisotopic (exact) mass is 1080 g/mol. The van der Waals surface area contributed by atoms with Crippen LogP contribution in [-0.4, -0.2) is 11.3 Å². The summed E-state index contributed by atoms with van der Waals surface area (Å²) >= 11 is 0. The number of aromatic nitrogens is 1. The molecule has 1 unspecified atom stereocenters. The Morgan fingerprint density at radius 1 is 0.400 bits per heavy atom. The third-order valence-corrected chi connectivity index (χ3v) is 18.0. The molecule has 85 heavy (non-hydrogen) atoms. The summed E-state index contributed by atoms with van der Waals surface area (Å²) < 4.78 is 2.40. The van der Waals surface area contributed by atoms with E-state index in [0.29, 0.717) is 5.56 Å². The minimum Gasteiger partial charge on any atom is -0.312 e. The quantitative estimate of drug-likeness (QED) is 0.135. The van der Waals surface area contributed by atoms with Gasteiger partial charge in [-0.1, -0.05) is 231 Å². The summed E-state index contributed by atoms with van der Waals surface area (Å²) in [7, 11) is 0. The van der Waals surface area contributed by atoms with Crippen molar-refractivity contribution in [2.45, 2.75) is 18.8 Å². The lowest BCUT2D eigenvalue weighted by Crippen LogP contribution is -2.57. The van der Waals surface area contributed by atoms with E-state index in [1.54, 1.807) is 0 Å². The van der Waals surface area contributed by atoms with E-state index in [2.05, 4.69) is 312 Å².